The monoisotopic (exact) mass is 310 g/mol. The van der Waals surface area contributed by atoms with Crippen LogP contribution in [0.25, 0.3) is 0 Å². The van der Waals surface area contributed by atoms with Gasteiger partial charge in [0.1, 0.15) is 12.7 Å². The summed E-state index contributed by atoms with van der Waals surface area (Å²) in [6, 6.07) is 0. The lowest BCUT2D eigenvalue weighted by atomic mass is 10.3. The highest BCUT2D eigenvalue weighted by molar-refractivity contribution is 5.75. The molecule has 0 rings (SSSR count). The van der Waals surface area contributed by atoms with Gasteiger partial charge in [-0.25, -0.2) is 9.59 Å². The first kappa shape index (κ1) is 22.1. The second-order valence-electron chi connectivity index (χ2n) is 4.17. The number of hydrogen-bond donors (Lipinski definition) is 4. The molecule has 3 atom stereocenters. The van der Waals surface area contributed by atoms with Crippen LogP contribution in [0.1, 0.15) is 33.6 Å². The van der Waals surface area contributed by atoms with Gasteiger partial charge in [0, 0.05) is 0 Å². The Morgan fingerprint density at radius 1 is 0.952 bits per heavy atom. The molecule has 0 spiro atoms. The highest BCUT2D eigenvalue weighted by atomic mass is 16.6. The summed E-state index contributed by atoms with van der Waals surface area (Å²) in [6.07, 6.45) is -2.44. The number of rotatable bonds is 8. The second-order valence-corrected chi connectivity index (χ2v) is 4.17. The molecule has 0 aromatic carbocycles. The van der Waals surface area contributed by atoms with Crippen LogP contribution in [-0.4, -0.2) is 70.5 Å². The molecule has 4 N–H and O–H groups in total. The predicted octanol–water partition coefficient (Wildman–Crippen LogP) is -1.03. The van der Waals surface area contributed by atoms with Gasteiger partial charge in [0.25, 0.3) is 0 Å². The normalized spacial score (nSPS) is 14.2. The van der Waals surface area contributed by atoms with Crippen molar-refractivity contribution in [2.75, 3.05) is 19.8 Å². The molecule has 0 heterocycles. The number of ether oxygens (including phenoxy) is 2. The molecule has 0 aliphatic heterocycles. The maximum Gasteiger partial charge on any atom is 0.335 e. The van der Waals surface area contributed by atoms with E-state index < -0.39 is 30.3 Å². The van der Waals surface area contributed by atoms with Crippen LogP contribution in [-0.2, 0) is 19.1 Å². The fourth-order valence-electron chi connectivity index (χ4n) is 0.940. The molecule has 0 fully saturated rings. The van der Waals surface area contributed by atoms with Crippen molar-refractivity contribution >= 4 is 11.9 Å². The van der Waals surface area contributed by atoms with Crippen molar-refractivity contribution in [2.45, 2.75) is 51.9 Å². The van der Waals surface area contributed by atoms with Crippen LogP contribution in [0, 0.1) is 0 Å². The van der Waals surface area contributed by atoms with E-state index in [1.165, 1.54) is 6.92 Å². The molecule has 0 amide bonds. The standard InChI is InChI=1S/C11H20O6.C2H6O2/c1-4-8(12)10(14)16-6-7(3)17-11(15)9(13)5-2;3-1-2-4/h7-9,12-13H,4-6H2,1-3H3;3-4H,1-2H2. The molecule has 0 radical (unpaired) electrons. The van der Waals surface area contributed by atoms with Gasteiger partial charge < -0.3 is 29.9 Å². The van der Waals surface area contributed by atoms with Crippen molar-refractivity contribution in [3.63, 3.8) is 0 Å². The zero-order valence-electron chi connectivity index (χ0n) is 12.7. The Labute approximate surface area is 124 Å². The van der Waals surface area contributed by atoms with Gasteiger partial charge in [-0.05, 0) is 19.8 Å². The summed E-state index contributed by atoms with van der Waals surface area (Å²) >= 11 is 0. The van der Waals surface area contributed by atoms with E-state index in [2.05, 4.69) is 0 Å². The lowest BCUT2D eigenvalue weighted by molar-refractivity contribution is -0.168. The molecule has 0 aromatic rings. The van der Waals surface area contributed by atoms with Gasteiger partial charge in [-0.2, -0.15) is 0 Å². The molecule has 0 aliphatic rings. The number of carbonyl (C=O) groups excluding carboxylic acids is 2. The molecule has 126 valence electrons. The van der Waals surface area contributed by atoms with Crippen LogP contribution >= 0.6 is 0 Å². The molecule has 0 aliphatic carbocycles. The second kappa shape index (κ2) is 13.7. The van der Waals surface area contributed by atoms with Crippen LogP contribution in [0.4, 0.5) is 0 Å². The zero-order valence-corrected chi connectivity index (χ0v) is 12.7. The topological polar surface area (TPSA) is 134 Å². The van der Waals surface area contributed by atoms with Gasteiger partial charge in [0.05, 0.1) is 13.2 Å². The quantitative estimate of drug-likeness (QED) is 0.418. The molecule has 21 heavy (non-hydrogen) atoms. The molecule has 0 saturated carbocycles. The van der Waals surface area contributed by atoms with Crippen LogP contribution in [0.15, 0.2) is 0 Å². The van der Waals surface area contributed by atoms with Crippen molar-refractivity contribution in [3.8, 4) is 0 Å². The third-order valence-electron chi connectivity index (χ3n) is 2.20. The Bertz CT molecular complexity index is 279. The summed E-state index contributed by atoms with van der Waals surface area (Å²) < 4.78 is 9.54. The molecule has 8 nitrogen and oxygen atoms in total. The predicted molar refractivity (Wildman–Crippen MR) is 73.3 cm³/mol. The summed E-state index contributed by atoms with van der Waals surface area (Å²) in [5.74, 6) is -1.49. The SMILES string of the molecule is CCC(O)C(=O)OCC(C)OC(=O)C(O)CC.OCCO. The lowest BCUT2D eigenvalue weighted by Gasteiger charge is -2.16. The van der Waals surface area contributed by atoms with Gasteiger partial charge in [0.2, 0.25) is 0 Å². The minimum Gasteiger partial charge on any atom is -0.460 e. The maximum atomic E-state index is 11.2. The third-order valence-corrected chi connectivity index (χ3v) is 2.20. The van der Waals surface area contributed by atoms with Crippen molar-refractivity contribution in [3.05, 3.63) is 0 Å². The highest BCUT2D eigenvalue weighted by Gasteiger charge is 2.20. The average Bonchev–Trinajstić information content (AvgIpc) is 2.50. The molecule has 3 unspecified atom stereocenters. The Morgan fingerprint density at radius 2 is 1.38 bits per heavy atom. The van der Waals surface area contributed by atoms with E-state index in [9.17, 15) is 9.59 Å². The number of aliphatic hydroxyl groups excluding tert-OH is 4. The number of hydrogen-bond acceptors (Lipinski definition) is 8. The van der Waals surface area contributed by atoms with Gasteiger partial charge >= 0.3 is 11.9 Å². The molecule has 0 aromatic heterocycles. The minimum atomic E-state index is -1.16. The zero-order chi connectivity index (χ0) is 16.8. The number of aliphatic hydroxyl groups is 4. The summed E-state index contributed by atoms with van der Waals surface area (Å²) in [5.41, 5.74) is 0. The van der Waals surface area contributed by atoms with E-state index in [0.29, 0.717) is 0 Å². The minimum absolute atomic E-state index is 0.125. The number of esters is 2. The van der Waals surface area contributed by atoms with Crippen LogP contribution in [0.2, 0.25) is 0 Å². The van der Waals surface area contributed by atoms with E-state index in [1.807, 2.05) is 0 Å². The number of carbonyl (C=O) groups is 2. The summed E-state index contributed by atoms with van der Waals surface area (Å²) in [7, 11) is 0. The summed E-state index contributed by atoms with van der Waals surface area (Å²) in [6.45, 7) is 4.44. The highest BCUT2D eigenvalue weighted by Crippen LogP contribution is 2.01. The van der Waals surface area contributed by atoms with Crippen LogP contribution < -0.4 is 0 Å². The summed E-state index contributed by atoms with van der Waals surface area (Å²) in [5, 5.41) is 33.5. The van der Waals surface area contributed by atoms with Gasteiger partial charge in [0.15, 0.2) is 12.2 Å². The van der Waals surface area contributed by atoms with Crippen molar-refractivity contribution in [1.29, 1.82) is 0 Å². The first-order valence-corrected chi connectivity index (χ1v) is 6.78. The first-order chi connectivity index (χ1) is 9.83. The van der Waals surface area contributed by atoms with Crippen LogP contribution in [0.3, 0.4) is 0 Å². The van der Waals surface area contributed by atoms with Gasteiger partial charge in [-0.3, -0.25) is 0 Å². The largest absolute Gasteiger partial charge is 0.460 e. The third kappa shape index (κ3) is 12.2. The molecular weight excluding hydrogens is 284 g/mol. The van der Waals surface area contributed by atoms with E-state index >= 15 is 0 Å². The van der Waals surface area contributed by atoms with Gasteiger partial charge in [-0.1, -0.05) is 13.8 Å². The van der Waals surface area contributed by atoms with E-state index in [4.69, 9.17) is 29.9 Å². The summed E-state index contributed by atoms with van der Waals surface area (Å²) in [4.78, 5) is 22.2. The fourth-order valence-corrected chi connectivity index (χ4v) is 0.940. The Kier molecular flexibility index (Phi) is 14.4. The molecule has 0 bridgehead atoms. The van der Waals surface area contributed by atoms with E-state index in [0.717, 1.165) is 0 Å². The van der Waals surface area contributed by atoms with Gasteiger partial charge in [-0.15, -0.1) is 0 Å². The van der Waals surface area contributed by atoms with E-state index in [-0.39, 0.29) is 32.7 Å². The fraction of sp³-hybridized carbons (Fsp3) is 0.846. The first-order valence-electron chi connectivity index (χ1n) is 6.78. The van der Waals surface area contributed by atoms with Crippen molar-refractivity contribution in [2.24, 2.45) is 0 Å². The average molecular weight is 310 g/mol. The molecule has 0 saturated heterocycles. The Morgan fingerprint density at radius 3 is 1.76 bits per heavy atom. The van der Waals surface area contributed by atoms with Crippen molar-refractivity contribution < 1.29 is 39.5 Å². The Balaban J connectivity index is 0. The van der Waals surface area contributed by atoms with Crippen molar-refractivity contribution in [1.82, 2.24) is 0 Å². The maximum absolute atomic E-state index is 11.2. The van der Waals surface area contributed by atoms with Crippen LogP contribution in [0.5, 0.6) is 0 Å². The van der Waals surface area contributed by atoms with E-state index in [1.54, 1.807) is 13.8 Å². The Hall–Kier alpha value is -1.22. The smallest absolute Gasteiger partial charge is 0.335 e. The molecular formula is C13H26O8. The molecule has 8 heteroatoms. The lowest BCUT2D eigenvalue weighted by Crippen LogP contribution is -2.31.